The standard InChI is InChI=1S/C20H29N3O3/c1-20(2,14-24)10-6-11-21-19(25)23-12-5-7-15(13-23)18-22-16-8-3-4-9-17(16)26-18/h3-4,8-9,15,24H,5-7,10-14H2,1-2H3,(H,21,25)/t15-/m1/s1. The molecule has 0 spiro atoms. The molecule has 6 nitrogen and oxygen atoms in total. The minimum absolute atomic E-state index is 0.0207. The van der Waals surface area contributed by atoms with Crippen LogP contribution in [-0.4, -0.2) is 47.3 Å². The van der Waals surface area contributed by atoms with Crippen LogP contribution in [0.4, 0.5) is 4.79 Å². The molecule has 2 heterocycles. The number of amides is 2. The lowest BCUT2D eigenvalue weighted by Crippen LogP contribution is -2.45. The highest BCUT2D eigenvalue weighted by molar-refractivity contribution is 5.74. The molecule has 0 unspecified atom stereocenters. The Morgan fingerprint density at radius 3 is 3.00 bits per heavy atom. The smallest absolute Gasteiger partial charge is 0.317 e. The van der Waals surface area contributed by atoms with E-state index in [1.54, 1.807) is 0 Å². The fraction of sp³-hybridized carbons (Fsp3) is 0.600. The van der Waals surface area contributed by atoms with Crippen molar-refractivity contribution in [3.05, 3.63) is 30.2 Å². The predicted molar refractivity (Wildman–Crippen MR) is 101 cm³/mol. The average Bonchev–Trinajstić information content (AvgIpc) is 3.09. The van der Waals surface area contributed by atoms with Crippen molar-refractivity contribution in [2.24, 2.45) is 5.41 Å². The first-order valence-corrected chi connectivity index (χ1v) is 9.48. The number of piperidine rings is 1. The first-order chi connectivity index (χ1) is 12.5. The number of urea groups is 1. The molecule has 2 aromatic rings. The Morgan fingerprint density at radius 1 is 1.42 bits per heavy atom. The van der Waals surface area contributed by atoms with Gasteiger partial charge in [0.25, 0.3) is 0 Å². The second-order valence-corrected chi connectivity index (χ2v) is 7.96. The van der Waals surface area contributed by atoms with Gasteiger partial charge in [0.05, 0.1) is 5.92 Å². The summed E-state index contributed by atoms with van der Waals surface area (Å²) in [5, 5.41) is 12.3. The lowest BCUT2D eigenvalue weighted by atomic mass is 9.89. The Balaban J connectivity index is 1.52. The number of benzene rings is 1. The normalized spacial score (nSPS) is 18.3. The number of para-hydroxylation sites is 2. The number of aromatic nitrogens is 1. The molecular formula is C20H29N3O3. The van der Waals surface area contributed by atoms with Gasteiger partial charge in [0, 0.05) is 26.2 Å². The number of nitrogens with one attached hydrogen (secondary N) is 1. The fourth-order valence-corrected chi connectivity index (χ4v) is 3.38. The van der Waals surface area contributed by atoms with E-state index in [2.05, 4.69) is 10.3 Å². The Bertz CT molecular complexity index is 708. The van der Waals surface area contributed by atoms with Gasteiger partial charge < -0.3 is 19.7 Å². The maximum absolute atomic E-state index is 12.5. The maximum Gasteiger partial charge on any atom is 0.317 e. The number of carbonyl (C=O) groups excluding carboxylic acids is 1. The molecule has 2 amide bonds. The van der Waals surface area contributed by atoms with Crippen LogP contribution in [0.1, 0.15) is 51.3 Å². The lowest BCUT2D eigenvalue weighted by molar-refractivity contribution is 0.146. The highest BCUT2D eigenvalue weighted by Crippen LogP contribution is 2.29. The number of carbonyl (C=O) groups is 1. The Labute approximate surface area is 154 Å². The molecule has 0 aliphatic carbocycles. The van der Waals surface area contributed by atoms with Gasteiger partial charge in [-0.2, -0.15) is 0 Å². The van der Waals surface area contributed by atoms with Gasteiger partial charge in [0.1, 0.15) is 5.52 Å². The van der Waals surface area contributed by atoms with Crippen molar-refractivity contribution >= 4 is 17.1 Å². The Hall–Kier alpha value is -2.08. The van der Waals surface area contributed by atoms with E-state index in [-0.39, 0.29) is 24.0 Å². The fourth-order valence-electron chi connectivity index (χ4n) is 3.38. The van der Waals surface area contributed by atoms with E-state index < -0.39 is 0 Å². The molecule has 2 N–H and O–H groups in total. The molecule has 0 saturated carbocycles. The van der Waals surface area contributed by atoms with Crippen LogP contribution in [0.25, 0.3) is 11.1 Å². The molecule has 0 radical (unpaired) electrons. The van der Waals surface area contributed by atoms with Gasteiger partial charge in [0.2, 0.25) is 0 Å². The zero-order valence-electron chi connectivity index (χ0n) is 15.7. The van der Waals surface area contributed by atoms with Crippen LogP contribution in [0.5, 0.6) is 0 Å². The van der Waals surface area contributed by atoms with Crippen molar-refractivity contribution in [3.8, 4) is 0 Å². The van der Waals surface area contributed by atoms with Gasteiger partial charge in [0.15, 0.2) is 11.5 Å². The number of oxazole rings is 1. The van der Waals surface area contributed by atoms with E-state index in [1.165, 1.54) is 0 Å². The van der Waals surface area contributed by atoms with Crippen LogP contribution < -0.4 is 5.32 Å². The van der Waals surface area contributed by atoms with Crippen LogP contribution in [0.2, 0.25) is 0 Å². The molecule has 1 atom stereocenters. The molecule has 1 aromatic carbocycles. The number of hydrogen-bond donors (Lipinski definition) is 2. The van der Waals surface area contributed by atoms with Crippen LogP contribution in [0.15, 0.2) is 28.7 Å². The van der Waals surface area contributed by atoms with Crippen molar-refractivity contribution in [2.75, 3.05) is 26.2 Å². The predicted octanol–water partition coefficient (Wildman–Crippen LogP) is 3.52. The van der Waals surface area contributed by atoms with E-state index in [1.807, 2.05) is 43.0 Å². The minimum Gasteiger partial charge on any atom is -0.440 e. The third-order valence-electron chi connectivity index (χ3n) is 5.10. The molecule has 1 aliphatic rings. The summed E-state index contributed by atoms with van der Waals surface area (Å²) < 4.78 is 5.89. The van der Waals surface area contributed by atoms with E-state index >= 15 is 0 Å². The molecule has 26 heavy (non-hydrogen) atoms. The quantitative estimate of drug-likeness (QED) is 0.774. The maximum atomic E-state index is 12.5. The number of fused-ring (bicyclic) bond motifs is 1. The van der Waals surface area contributed by atoms with Crippen molar-refractivity contribution in [1.29, 1.82) is 0 Å². The molecule has 1 aromatic heterocycles. The summed E-state index contributed by atoms with van der Waals surface area (Å²) in [5.41, 5.74) is 1.58. The lowest BCUT2D eigenvalue weighted by Gasteiger charge is -2.31. The van der Waals surface area contributed by atoms with Crippen molar-refractivity contribution in [2.45, 2.75) is 45.4 Å². The van der Waals surface area contributed by atoms with E-state index in [0.717, 1.165) is 49.2 Å². The molecule has 142 valence electrons. The first-order valence-electron chi connectivity index (χ1n) is 9.48. The Kier molecular flexibility index (Phi) is 5.81. The molecule has 0 bridgehead atoms. The van der Waals surface area contributed by atoms with Crippen molar-refractivity contribution in [1.82, 2.24) is 15.2 Å². The number of rotatable bonds is 6. The zero-order valence-corrected chi connectivity index (χ0v) is 15.7. The SMILES string of the molecule is CC(C)(CO)CCCNC(=O)N1CCC[C@@H](c2nc3ccccc3o2)C1. The molecular weight excluding hydrogens is 330 g/mol. The Morgan fingerprint density at radius 2 is 2.23 bits per heavy atom. The summed E-state index contributed by atoms with van der Waals surface area (Å²) in [5.74, 6) is 0.878. The van der Waals surface area contributed by atoms with Gasteiger partial charge >= 0.3 is 6.03 Å². The van der Waals surface area contributed by atoms with Crippen molar-refractivity contribution < 1.29 is 14.3 Å². The molecule has 1 fully saturated rings. The van der Waals surface area contributed by atoms with Gasteiger partial charge in [-0.25, -0.2) is 9.78 Å². The van der Waals surface area contributed by atoms with Crippen LogP contribution in [-0.2, 0) is 0 Å². The third-order valence-corrected chi connectivity index (χ3v) is 5.10. The number of hydrogen-bond acceptors (Lipinski definition) is 4. The summed E-state index contributed by atoms with van der Waals surface area (Å²) in [6, 6.07) is 7.74. The van der Waals surface area contributed by atoms with Gasteiger partial charge in [-0.1, -0.05) is 26.0 Å². The summed E-state index contributed by atoms with van der Waals surface area (Å²) in [4.78, 5) is 18.9. The van der Waals surface area contributed by atoms with Crippen LogP contribution in [0.3, 0.4) is 0 Å². The number of aliphatic hydroxyl groups excluding tert-OH is 1. The zero-order chi connectivity index (χ0) is 18.6. The largest absolute Gasteiger partial charge is 0.440 e. The summed E-state index contributed by atoms with van der Waals surface area (Å²) >= 11 is 0. The molecule has 3 rings (SSSR count). The molecule has 1 saturated heterocycles. The number of aliphatic hydroxyl groups is 1. The van der Waals surface area contributed by atoms with Gasteiger partial charge in [-0.15, -0.1) is 0 Å². The number of likely N-dealkylation sites (tertiary alicyclic amines) is 1. The third kappa shape index (κ3) is 4.55. The highest BCUT2D eigenvalue weighted by atomic mass is 16.3. The monoisotopic (exact) mass is 359 g/mol. The number of nitrogens with zero attached hydrogens (tertiary/aromatic N) is 2. The van der Waals surface area contributed by atoms with Crippen molar-refractivity contribution in [3.63, 3.8) is 0 Å². The topological polar surface area (TPSA) is 78.6 Å². The summed E-state index contributed by atoms with van der Waals surface area (Å²) in [6.45, 7) is 6.27. The first kappa shape index (κ1) is 18.7. The van der Waals surface area contributed by atoms with Crippen LogP contribution >= 0.6 is 0 Å². The summed E-state index contributed by atoms with van der Waals surface area (Å²) in [6.07, 6.45) is 3.69. The summed E-state index contributed by atoms with van der Waals surface area (Å²) in [7, 11) is 0. The molecule has 6 heteroatoms. The van der Waals surface area contributed by atoms with Crippen LogP contribution in [0, 0.1) is 5.41 Å². The van der Waals surface area contributed by atoms with E-state index in [4.69, 9.17) is 4.42 Å². The van der Waals surface area contributed by atoms with E-state index in [0.29, 0.717) is 13.1 Å². The second-order valence-electron chi connectivity index (χ2n) is 7.96. The second kappa shape index (κ2) is 8.08. The molecule has 1 aliphatic heterocycles. The van der Waals surface area contributed by atoms with Gasteiger partial charge in [-0.05, 0) is 43.2 Å². The minimum atomic E-state index is -0.0894. The highest BCUT2D eigenvalue weighted by Gasteiger charge is 2.28. The van der Waals surface area contributed by atoms with Gasteiger partial charge in [-0.3, -0.25) is 0 Å². The van der Waals surface area contributed by atoms with E-state index in [9.17, 15) is 9.90 Å². The average molecular weight is 359 g/mol.